The van der Waals surface area contributed by atoms with E-state index in [4.69, 9.17) is 11.5 Å². The largest absolute Gasteiger partial charge is 0.399 e. The Labute approximate surface area is 98.3 Å². The number of aromatic nitrogens is 3. The Morgan fingerprint density at radius 2 is 2.24 bits per heavy atom. The lowest BCUT2D eigenvalue weighted by Crippen LogP contribution is -2.14. The summed E-state index contributed by atoms with van der Waals surface area (Å²) in [5, 5.41) is 4.24. The second-order valence-corrected chi connectivity index (χ2v) is 3.67. The molecule has 17 heavy (non-hydrogen) atoms. The zero-order valence-corrected chi connectivity index (χ0v) is 9.21. The van der Waals surface area contributed by atoms with Gasteiger partial charge in [0.25, 0.3) is 0 Å². The van der Waals surface area contributed by atoms with Crippen molar-refractivity contribution < 1.29 is 4.79 Å². The van der Waals surface area contributed by atoms with E-state index < -0.39 is 0 Å². The molecule has 0 saturated carbocycles. The standard InChI is InChI=1S/C11H13N5O/c12-9-3-1-2-8(6-9)11-14-7-16(15-11)5-4-10(13)17/h1-3,6-7H,4-5,12H2,(H2,13,17). The maximum absolute atomic E-state index is 10.6. The SMILES string of the molecule is NC(=O)CCn1cnc(-c2cccc(N)c2)n1. The van der Waals surface area contributed by atoms with E-state index in [1.807, 2.05) is 12.1 Å². The molecule has 0 aliphatic carbocycles. The van der Waals surface area contributed by atoms with Gasteiger partial charge in [-0.3, -0.25) is 9.48 Å². The molecule has 2 rings (SSSR count). The molecule has 0 aliphatic rings. The van der Waals surface area contributed by atoms with Crippen LogP contribution in [-0.2, 0) is 11.3 Å². The Hall–Kier alpha value is -2.37. The van der Waals surface area contributed by atoms with Crippen LogP contribution in [0.25, 0.3) is 11.4 Å². The molecular weight excluding hydrogens is 218 g/mol. The number of carbonyl (C=O) groups excluding carboxylic acids is 1. The number of nitrogens with two attached hydrogens (primary N) is 2. The molecule has 6 heteroatoms. The molecule has 1 amide bonds. The minimum atomic E-state index is -0.356. The highest BCUT2D eigenvalue weighted by molar-refractivity contribution is 5.73. The lowest BCUT2D eigenvalue weighted by molar-refractivity contribution is -0.118. The zero-order chi connectivity index (χ0) is 12.3. The Morgan fingerprint density at radius 1 is 1.41 bits per heavy atom. The van der Waals surface area contributed by atoms with Crippen LogP contribution in [0.4, 0.5) is 5.69 Å². The van der Waals surface area contributed by atoms with Crippen LogP contribution in [0, 0.1) is 0 Å². The van der Waals surface area contributed by atoms with Crippen LogP contribution in [0.5, 0.6) is 0 Å². The molecule has 0 aliphatic heterocycles. The van der Waals surface area contributed by atoms with Crippen LogP contribution in [-0.4, -0.2) is 20.7 Å². The Morgan fingerprint density at radius 3 is 2.94 bits per heavy atom. The van der Waals surface area contributed by atoms with Gasteiger partial charge in [0, 0.05) is 17.7 Å². The van der Waals surface area contributed by atoms with E-state index in [-0.39, 0.29) is 12.3 Å². The van der Waals surface area contributed by atoms with Crippen molar-refractivity contribution in [2.24, 2.45) is 5.73 Å². The highest BCUT2D eigenvalue weighted by atomic mass is 16.1. The van der Waals surface area contributed by atoms with Gasteiger partial charge in [0.2, 0.25) is 5.91 Å². The van der Waals surface area contributed by atoms with Gasteiger partial charge in [0.05, 0.1) is 6.54 Å². The van der Waals surface area contributed by atoms with E-state index in [1.165, 1.54) is 0 Å². The normalized spacial score (nSPS) is 10.4. The van der Waals surface area contributed by atoms with Crippen LogP contribution >= 0.6 is 0 Å². The number of nitrogen functional groups attached to an aromatic ring is 1. The van der Waals surface area contributed by atoms with Crippen LogP contribution < -0.4 is 11.5 Å². The average molecular weight is 231 g/mol. The number of primary amides is 1. The highest BCUT2D eigenvalue weighted by Crippen LogP contribution is 2.16. The summed E-state index contributed by atoms with van der Waals surface area (Å²) in [5.74, 6) is 0.229. The zero-order valence-electron chi connectivity index (χ0n) is 9.21. The van der Waals surface area contributed by atoms with Gasteiger partial charge in [-0.25, -0.2) is 4.98 Å². The van der Waals surface area contributed by atoms with Crippen LogP contribution in [0.15, 0.2) is 30.6 Å². The van der Waals surface area contributed by atoms with Gasteiger partial charge in [-0.2, -0.15) is 5.10 Å². The molecule has 4 N–H and O–H groups in total. The molecule has 0 spiro atoms. The summed E-state index contributed by atoms with van der Waals surface area (Å²) in [7, 11) is 0. The number of anilines is 1. The van der Waals surface area contributed by atoms with E-state index in [0.29, 0.717) is 18.1 Å². The van der Waals surface area contributed by atoms with Crippen molar-refractivity contribution >= 4 is 11.6 Å². The van der Waals surface area contributed by atoms with Crippen molar-refractivity contribution in [1.82, 2.24) is 14.8 Å². The summed E-state index contributed by atoms with van der Waals surface area (Å²) in [6.07, 6.45) is 1.82. The average Bonchev–Trinajstić information content (AvgIpc) is 2.75. The van der Waals surface area contributed by atoms with Gasteiger partial charge in [0.1, 0.15) is 6.33 Å². The second kappa shape index (κ2) is 4.65. The topological polar surface area (TPSA) is 99.8 Å². The van der Waals surface area contributed by atoms with Gasteiger partial charge < -0.3 is 11.5 Å². The first-order valence-corrected chi connectivity index (χ1v) is 5.19. The predicted octanol–water partition coefficient (Wildman–Crippen LogP) is 0.403. The minimum Gasteiger partial charge on any atom is -0.399 e. The molecule has 6 nitrogen and oxygen atoms in total. The number of aryl methyl sites for hydroxylation is 1. The first-order valence-electron chi connectivity index (χ1n) is 5.19. The summed E-state index contributed by atoms with van der Waals surface area (Å²) >= 11 is 0. The molecular formula is C11H13N5O. The third-order valence-corrected chi connectivity index (χ3v) is 2.27. The second-order valence-electron chi connectivity index (χ2n) is 3.67. The lowest BCUT2D eigenvalue weighted by atomic mass is 10.2. The number of amides is 1. The van der Waals surface area contributed by atoms with Crippen molar-refractivity contribution in [3.63, 3.8) is 0 Å². The maximum Gasteiger partial charge on any atom is 0.219 e. The number of nitrogens with zero attached hydrogens (tertiary/aromatic N) is 3. The molecule has 0 bridgehead atoms. The van der Waals surface area contributed by atoms with Crippen molar-refractivity contribution in [2.75, 3.05) is 5.73 Å². The fourth-order valence-corrected chi connectivity index (χ4v) is 1.44. The van der Waals surface area contributed by atoms with Crippen LogP contribution in [0.1, 0.15) is 6.42 Å². The molecule has 88 valence electrons. The Bertz CT molecular complexity index is 534. The fraction of sp³-hybridized carbons (Fsp3) is 0.182. The van der Waals surface area contributed by atoms with Crippen LogP contribution in [0.2, 0.25) is 0 Å². The number of carbonyl (C=O) groups is 1. The van der Waals surface area contributed by atoms with Crippen molar-refractivity contribution in [1.29, 1.82) is 0 Å². The fourth-order valence-electron chi connectivity index (χ4n) is 1.44. The molecule has 1 heterocycles. The summed E-state index contributed by atoms with van der Waals surface area (Å²) in [6.45, 7) is 0.435. The highest BCUT2D eigenvalue weighted by Gasteiger charge is 2.05. The van der Waals surface area contributed by atoms with Crippen molar-refractivity contribution in [2.45, 2.75) is 13.0 Å². The summed E-state index contributed by atoms with van der Waals surface area (Å²) in [4.78, 5) is 14.8. The first-order chi connectivity index (χ1) is 8.15. The summed E-state index contributed by atoms with van der Waals surface area (Å²) in [6, 6.07) is 7.32. The van der Waals surface area contributed by atoms with Gasteiger partial charge in [0.15, 0.2) is 5.82 Å². The van der Waals surface area contributed by atoms with Gasteiger partial charge in [-0.05, 0) is 12.1 Å². The van der Waals surface area contributed by atoms with E-state index in [1.54, 1.807) is 23.1 Å². The molecule has 1 aromatic carbocycles. The molecule has 0 saturated heterocycles. The van der Waals surface area contributed by atoms with Gasteiger partial charge >= 0.3 is 0 Å². The molecule has 2 aromatic rings. The maximum atomic E-state index is 10.6. The number of benzene rings is 1. The van der Waals surface area contributed by atoms with E-state index in [9.17, 15) is 4.79 Å². The van der Waals surface area contributed by atoms with Gasteiger partial charge in [-0.15, -0.1) is 0 Å². The first kappa shape index (κ1) is 11.1. The molecule has 0 unspecified atom stereocenters. The third-order valence-electron chi connectivity index (χ3n) is 2.27. The quantitative estimate of drug-likeness (QED) is 0.744. The van der Waals surface area contributed by atoms with Crippen LogP contribution in [0.3, 0.4) is 0 Å². The molecule has 0 atom stereocenters. The third kappa shape index (κ3) is 2.81. The smallest absolute Gasteiger partial charge is 0.219 e. The van der Waals surface area contributed by atoms with E-state index in [2.05, 4.69) is 10.1 Å². The predicted molar refractivity (Wildman–Crippen MR) is 63.7 cm³/mol. The van der Waals surface area contributed by atoms with Crippen molar-refractivity contribution in [3.05, 3.63) is 30.6 Å². The molecule has 0 fully saturated rings. The number of hydrogen-bond donors (Lipinski definition) is 2. The Balaban J connectivity index is 2.15. The lowest BCUT2D eigenvalue weighted by Gasteiger charge is -1.98. The minimum absolute atomic E-state index is 0.250. The van der Waals surface area contributed by atoms with E-state index >= 15 is 0 Å². The number of rotatable bonds is 4. The number of hydrogen-bond acceptors (Lipinski definition) is 4. The van der Waals surface area contributed by atoms with Gasteiger partial charge in [-0.1, -0.05) is 12.1 Å². The summed E-state index contributed by atoms with van der Waals surface area (Å²) in [5.41, 5.74) is 12.3. The van der Waals surface area contributed by atoms with Crippen molar-refractivity contribution in [3.8, 4) is 11.4 Å². The van der Waals surface area contributed by atoms with E-state index in [0.717, 1.165) is 5.56 Å². The summed E-state index contributed by atoms with van der Waals surface area (Å²) < 4.78 is 1.59. The molecule has 0 radical (unpaired) electrons. The molecule has 1 aromatic heterocycles. The Kier molecular flexibility index (Phi) is 3.04. The monoisotopic (exact) mass is 231 g/mol.